The van der Waals surface area contributed by atoms with E-state index in [-0.39, 0.29) is 6.04 Å². The van der Waals surface area contributed by atoms with Crippen molar-refractivity contribution in [2.24, 2.45) is 0 Å². The van der Waals surface area contributed by atoms with E-state index >= 15 is 0 Å². The van der Waals surface area contributed by atoms with Gasteiger partial charge in [0, 0.05) is 6.04 Å². The predicted molar refractivity (Wildman–Crippen MR) is 89.0 cm³/mol. The van der Waals surface area contributed by atoms with Gasteiger partial charge in [0.25, 0.3) is 0 Å². The minimum atomic E-state index is -0.608. The number of imidazole rings is 1. The van der Waals surface area contributed by atoms with Crippen LogP contribution in [0.1, 0.15) is 39.3 Å². The van der Waals surface area contributed by atoms with Gasteiger partial charge in [-0.15, -0.1) is 5.10 Å². The molecule has 3 rings (SSSR count). The van der Waals surface area contributed by atoms with Crippen molar-refractivity contribution >= 4 is 29.3 Å². The van der Waals surface area contributed by atoms with Gasteiger partial charge >= 0.3 is 6.09 Å². The Balaban J connectivity index is 2.12. The van der Waals surface area contributed by atoms with Crippen LogP contribution < -0.4 is 4.90 Å². The van der Waals surface area contributed by atoms with Crippen LogP contribution in [0.15, 0.2) is 11.4 Å². The van der Waals surface area contributed by atoms with Crippen molar-refractivity contribution in [2.75, 3.05) is 11.2 Å². The molecule has 1 aliphatic carbocycles. The van der Waals surface area contributed by atoms with E-state index < -0.39 is 11.7 Å². The first-order chi connectivity index (χ1) is 11.3. The lowest BCUT2D eigenvalue weighted by Crippen LogP contribution is -2.39. The van der Waals surface area contributed by atoms with Crippen LogP contribution in [-0.4, -0.2) is 43.6 Å². The number of carbonyl (C=O) groups excluding carboxylic acids is 1. The summed E-state index contributed by atoms with van der Waals surface area (Å²) in [6.45, 7) is 5.46. The van der Waals surface area contributed by atoms with Crippen molar-refractivity contribution in [2.45, 2.75) is 50.4 Å². The van der Waals surface area contributed by atoms with Gasteiger partial charge in [0.2, 0.25) is 5.16 Å². The SMILES string of the molecule is CSc1nc(N(C(=O)OC(C)(C)C)C2CC2)c2ncc(C#N)n2n1. The third-order valence-electron chi connectivity index (χ3n) is 3.35. The second kappa shape index (κ2) is 5.94. The van der Waals surface area contributed by atoms with E-state index in [0.29, 0.717) is 22.3 Å². The lowest BCUT2D eigenvalue weighted by Gasteiger charge is -2.26. The molecule has 2 aromatic rings. The molecule has 0 aromatic carbocycles. The number of nitriles is 1. The minimum Gasteiger partial charge on any atom is -0.443 e. The van der Waals surface area contributed by atoms with Gasteiger partial charge in [-0.05, 0) is 39.9 Å². The number of fused-ring (bicyclic) bond motifs is 1. The maximum absolute atomic E-state index is 12.7. The van der Waals surface area contributed by atoms with E-state index in [9.17, 15) is 10.1 Å². The van der Waals surface area contributed by atoms with Gasteiger partial charge < -0.3 is 4.74 Å². The fraction of sp³-hybridized carbons (Fsp3) is 0.533. The lowest BCUT2D eigenvalue weighted by molar-refractivity contribution is 0.0576. The van der Waals surface area contributed by atoms with Crippen molar-refractivity contribution in [3.63, 3.8) is 0 Å². The summed E-state index contributed by atoms with van der Waals surface area (Å²) >= 11 is 1.34. The molecule has 0 spiro atoms. The predicted octanol–water partition coefficient (Wildman–Crippen LogP) is 2.62. The molecule has 2 heterocycles. The summed E-state index contributed by atoms with van der Waals surface area (Å²) in [6.07, 6.45) is 4.57. The van der Waals surface area contributed by atoms with Gasteiger partial charge in [0.15, 0.2) is 17.2 Å². The normalized spacial score (nSPS) is 14.5. The minimum absolute atomic E-state index is 0.0375. The molecule has 8 nitrogen and oxygen atoms in total. The highest BCUT2D eigenvalue weighted by atomic mass is 32.2. The van der Waals surface area contributed by atoms with Crippen LogP contribution >= 0.6 is 11.8 Å². The number of amides is 1. The van der Waals surface area contributed by atoms with Gasteiger partial charge in [0.05, 0.1) is 6.20 Å². The van der Waals surface area contributed by atoms with Crippen molar-refractivity contribution in [1.82, 2.24) is 19.6 Å². The van der Waals surface area contributed by atoms with Crippen molar-refractivity contribution < 1.29 is 9.53 Å². The molecule has 0 unspecified atom stereocenters. The van der Waals surface area contributed by atoms with E-state index in [1.54, 1.807) is 0 Å². The zero-order valence-electron chi connectivity index (χ0n) is 14.0. The summed E-state index contributed by atoms with van der Waals surface area (Å²) in [7, 11) is 0. The highest BCUT2D eigenvalue weighted by molar-refractivity contribution is 7.98. The van der Waals surface area contributed by atoms with Gasteiger partial charge in [-0.2, -0.15) is 14.8 Å². The fourth-order valence-electron chi connectivity index (χ4n) is 2.22. The summed E-state index contributed by atoms with van der Waals surface area (Å²) in [4.78, 5) is 22.9. The topological polar surface area (TPSA) is 96.4 Å². The standard InChI is InChI=1S/C15H18N6O2S/c1-15(2,3)23-14(22)20(9-5-6-9)12-11-17-8-10(7-16)21(11)19-13(18-12)24-4/h8-9H,5-6H2,1-4H3. The average molecular weight is 346 g/mol. The number of anilines is 1. The average Bonchev–Trinajstić information content (AvgIpc) is 3.24. The maximum Gasteiger partial charge on any atom is 0.416 e. The third-order valence-corrected chi connectivity index (χ3v) is 3.89. The van der Waals surface area contributed by atoms with Gasteiger partial charge in [-0.25, -0.2) is 9.78 Å². The van der Waals surface area contributed by atoms with Crippen LogP contribution in [0.5, 0.6) is 0 Å². The quantitative estimate of drug-likeness (QED) is 0.788. The Hall–Kier alpha value is -2.34. The molecule has 0 saturated heterocycles. The summed E-state index contributed by atoms with van der Waals surface area (Å²) in [5, 5.41) is 14.0. The van der Waals surface area contributed by atoms with Crippen LogP contribution in [0.2, 0.25) is 0 Å². The summed E-state index contributed by atoms with van der Waals surface area (Å²) < 4.78 is 6.95. The van der Waals surface area contributed by atoms with Gasteiger partial charge in [0.1, 0.15) is 11.7 Å². The summed E-state index contributed by atoms with van der Waals surface area (Å²) in [5.41, 5.74) is 0.0642. The number of ether oxygens (including phenoxy) is 1. The van der Waals surface area contributed by atoms with Crippen molar-refractivity contribution in [3.8, 4) is 6.07 Å². The van der Waals surface area contributed by atoms with Crippen molar-refractivity contribution in [3.05, 3.63) is 11.9 Å². The number of aromatic nitrogens is 4. The Labute approximate surface area is 143 Å². The van der Waals surface area contributed by atoms with Crippen LogP contribution in [0.25, 0.3) is 5.65 Å². The third kappa shape index (κ3) is 3.14. The zero-order valence-corrected chi connectivity index (χ0v) is 14.8. The Morgan fingerprint density at radius 2 is 2.21 bits per heavy atom. The Morgan fingerprint density at radius 1 is 1.50 bits per heavy atom. The van der Waals surface area contributed by atoms with Crippen LogP contribution in [0.3, 0.4) is 0 Å². The maximum atomic E-state index is 12.7. The number of carbonyl (C=O) groups is 1. The van der Waals surface area contributed by atoms with Crippen LogP contribution in [0, 0.1) is 11.3 Å². The first-order valence-corrected chi connectivity index (χ1v) is 8.78. The molecule has 126 valence electrons. The number of nitrogens with zero attached hydrogens (tertiary/aromatic N) is 6. The lowest BCUT2D eigenvalue weighted by atomic mass is 10.2. The summed E-state index contributed by atoms with van der Waals surface area (Å²) in [5.74, 6) is 0.382. The second-order valence-corrected chi connectivity index (χ2v) is 7.27. The Morgan fingerprint density at radius 3 is 2.75 bits per heavy atom. The molecule has 24 heavy (non-hydrogen) atoms. The van der Waals surface area contributed by atoms with Gasteiger partial charge in [-0.3, -0.25) is 4.90 Å². The summed E-state index contributed by atoms with van der Waals surface area (Å²) in [6, 6.07) is 2.08. The van der Waals surface area contributed by atoms with E-state index in [1.807, 2.05) is 33.1 Å². The van der Waals surface area contributed by atoms with Crippen molar-refractivity contribution in [1.29, 1.82) is 5.26 Å². The Kier molecular flexibility index (Phi) is 4.09. The molecule has 0 bridgehead atoms. The largest absolute Gasteiger partial charge is 0.443 e. The molecule has 0 aliphatic heterocycles. The number of hydrogen-bond acceptors (Lipinski definition) is 7. The highest BCUT2D eigenvalue weighted by Gasteiger charge is 2.39. The molecule has 0 atom stereocenters. The number of thioether (sulfide) groups is 1. The smallest absolute Gasteiger partial charge is 0.416 e. The molecular weight excluding hydrogens is 328 g/mol. The van der Waals surface area contributed by atoms with Crippen LogP contribution in [0.4, 0.5) is 10.6 Å². The van der Waals surface area contributed by atoms with E-state index in [0.717, 1.165) is 12.8 Å². The first-order valence-electron chi connectivity index (χ1n) is 7.56. The monoisotopic (exact) mass is 346 g/mol. The second-order valence-electron chi connectivity index (χ2n) is 6.49. The molecule has 1 amide bonds. The van der Waals surface area contributed by atoms with Gasteiger partial charge in [-0.1, -0.05) is 11.8 Å². The fourth-order valence-corrected chi connectivity index (χ4v) is 2.57. The van der Waals surface area contributed by atoms with E-state index in [2.05, 4.69) is 15.1 Å². The Bertz CT molecular complexity index is 831. The molecule has 2 aromatic heterocycles. The molecule has 9 heteroatoms. The molecule has 1 saturated carbocycles. The van der Waals surface area contributed by atoms with E-state index in [4.69, 9.17) is 4.74 Å². The molecule has 0 N–H and O–H groups in total. The zero-order chi connectivity index (χ0) is 17.5. The van der Waals surface area contributed by atoms with E-state index in [1.165, 1.54) is 27.4 Å². The molecular formula is C15H18N6O2S. The first kappa shape index (κ1) is 16.5. The van der Waals surface area contributed by atoms with Crippen LogP contribution in [-0.2, 0) is 4.74 Å². The molecule has 0 radical (unpaired) electrons. The molecule has 1 aliphatic rings. The highest BCUT2D eigenvalue weighted by Crippen LogP contribution is 2.34. The number of rotatable bonds is 3. The molecule has 1 fully saturated rings. The number of hydrogen-bond donors (Lipinski definition) is 0.